The maximum atomic E-state index is 4.64. The number of aromatic nitrogens is 2. The van der Waals surface area contributed by atoms with Gasteiger partial charge in [0.05, 0.1) is 6.54 Å². The van der Waals surface area contributed by atoms with Crippen molar-refractivity contribution < 1.29 is 0 Å². The van der Waals surface area contributed by atoms with Crippen LogP contribution in [0.3, 0.4) is 0 Å². The van der Waals surface area contributed by atoms with Gasteiger partial charge in [0.2, 0.25) is 0 Å². The number of hydrogen-bond acceptors (Lipinski definition) is 5. The summed E-state index contributed by atoms with van der Waals surface area (Å²) in [7, 11) is 1.88. The highest BCUT2D eigenvalue weighted by Crippen LogP contribution is 2.23. The van der Waals surface area contributed by atoms with Crippen molar-refractivity contribution in [3.05, 3.63) is 33.8 Å². The Morgan fingerprint density at radius 2 is 1.76 bits per heavy atom. The Bertz CT molecular complexity index is 599. The minimum atomic E-state index is -0.0679. The average Bonchev–Trinajstić information content (AvgIpc) is 2.92. The van der Waals surface area contributed by atoms with Crippen LogP contribution in [0.2, 0.25) is 0 Å². The smallest absolute Gasteiger partial charge is 0.138 e. The number of nitrogens with one attached hydrogen (secondary N) is 2. The van der Waals surface area contributed by atoms with E-state index in [9.17, 15) is 0 Å². The molecule has 0 saturated heterocycles. The Morgan fingerprint density at radius 3 is 2.33 bits per heavy atom. The molecular weight excluding hydrogens is 280 g/mol. The third-order valence-corrected chi connectivity index (χ3v) is 4.39. The van der Waals surface area contributed by atoms with Crippen molar-refractivity contribution in [2.75, 3.05) is 17.7 Å². The molecule has 2 aromatic rings. The maximum Gasteiger partial charge on any atom is 0.138 e. The van der Waals surface area contributed by atoms with E-state index in [0.717, 1.165) is 30.4 Å². The molecule has 2 N–H and O–H groups in total. The standard InChI is InChI=1S/C16H24N4S/c1-6-11-7-8-12(21-11)10-18-14-9-13(17-5)19-15(20-14)16(2,3)4/h7-9H,6,10H2,1-5H3,(H2,17,18,19,20). The molecular formula is C16H24N4S. The van der Waals surface area contributed by atoms with Gasteiger partial charge in [0, 0.05) is 28.3 Å². The lowest BCUT2D eigenvalue weighted by Gasteiger charge is -2.18. The summed E-state index contributed by atoms with van der Waals surface area (Å²) < 4.78 is 0. The molecule has 0 atom stereocenters. The zero-order valence-corrected chi connectivity index (χ0v) is 14.3. The fourth-order valence-corrected chi connectivity index (χ4v) is 2.78. The van der Waals surface area contributed by atoms with Crippen LogP contribution in [0.15, 0.2) is 18.2 Å². The van der Waals surface area contributed by atoms with Crippen LogP contribution in [0, 0.1) is 0 Å². The molecule has 0 radical (unpaired) electrons. The van der Waals surface area contributed by atoms with Gasteiger partial charge in [0.25, 0.3) is 0 Å². The van der Waals surface area contributed by atoms with Crippen LogP contribution in [-0.4, -0.2) is 17.0 Å². The molecule has 0 unspecified atom stereocenters. The number of nitrogens with zero attached hydrogens (tertiary/aromatic N) is 2. The van der Waals surface area contributed by atoms with Gasteiger partial charge in [-0.3, -0.25) is 0 Å². The first-order valence-corrected chi connectivity index (χ1v) is 8.12. The van der Waals surface area contributed by atoms with Crippen LogP contribution in [0.4, 0.5) is 11.6 Å². The fraction of sp³-hybridized carbons (Fsp3) is 0.500. The molecule has 21 heavy (non-hydrogen) atoms. The number of hydrogen-bond donors (Lipinski definition) is 2. The summed E-state index contributed by atoms with van der Waals surface area (Å²) in [4.78, 5) is 11.9. The highest BCUT2D eigenvalue weighted by Gasteiger charge is 2.19. The second kappa shape index (κ2) is 6.43. The van der Waals surface area contributed by atoms with Gasteiger partial charge in [-0.15, -0.1) is 11.3 Å². The summed E-state index contributed by atoms with van der Waals surface area (Å²) in [6, 6.07) is 6.33. The third-order valence-electron chi connectivity index (χ3n) is 3.16. The van der Waals surface area contributed by atoms with Gasteiger partial charge in [0.15, 0.2) is 0 Å². The van der Waals surface area contributed by atoms with E-state index < -0.39 is 0 Å². The quantitative estimate of drug-likeness (QED) is 0.875. The highest BCUT2D eigenvalue weighted by molar-refractivity contribution is 7.12. The van der Waals surface area contributed by atoms with Gasteiger partial charge in [-0.25, -0.2) is 9.97 Å². The molecule has 2 rings (SSSR count). The molecule has 0 aliphatic carbocycles. The molecule has 5 heteroatoms. The van der Waals surface area contributed by atoms with Crippen molar-refractivity contribution in [2.45, 2.75) is 46.1 Å². The molecule has 0 fully saturated rings. The second-order valence-corrected chi connectivity index (χ2v) is 7.29. The van der Waals surface area contributed by atoms with E-state index in [0.29, 0.717) is 0 Å². The molecule has 4 nitrogen and oxygen atoms in total. The summed E-state index contributed by atoms with van der Waals surface area (Å²) in [5.41, 5.74) is -0.0679. The van der Waals surface area contributed by atoms with E-state index in [1.807, 2.05) is 24.5 Å². The summed E-state index contributed by atoms with van der Waals surface area (Å²) >= 11 is 1.85. The molecule has 0 saturated carbocycles. The number of anilines is 2. The second-order valence-electron chi connectivity index (χ2n) is 6.04. The molecule has 0 amide bonds. The first-order chi connectivity index (χ1) is 9.92. The van der Waals surface area contributed by atoms with Crippen LogP contribution in [0.25, 0.3) is 0 Å². The lowest BCUT2D eigenvalue weighted by Crippen LogP contribution is -2.18. The molecule has 0 spiro atoms. The monoisotopic (exact) mass is 304 g/mol. The predicted molar refractivity (Wildman–Crippen MR) is 91.3 cm³/mol. The topological polar surface area (TPSA) is 49.8 Å². The van der Waals surface area contributed by atoms with Crippen LogP contribution < -0.4 is 10.6 Å². The van der Waals surface area contributed by atoms with E-state index in [1.165, 1.54) is 9.75 Å². The van der Waals surface area contributed by atoms with Crippen molar-refractivity contribution in [1.29, 1.82) is 0 Å². The van der Waals surface area contributed by atoms with Gasteiger partial charge >= 0.3 is 0 Å². The van der Waals surface area contributed by atoms with Crippen molar-refractivity contribution in [1.82, 2.24) is 9.97 Å². The summed E-state index contributed by atoms with van der Waals surface area (Å²) in [6.45, 7) is 9.35. The van der Waals surface area contributed by atoms with Gasteiger partial charge in [-0.05, 0) is 18.6 Å². The zero-order chi connectivity index (χ0) is 15.5. The van der Waals surface area contributed by atoms with E-state index in [-0.39, 0.29) is 5.41 Å². The Labute approximate surface area is 131 Å². The minimum absolute atomic E-state index is 0.0679. The summed E-state index contributed by atoms with van der Waals surface area (Å²) in [5.74, 6) is 2.56. The number of thiophene rings is 1. The predicted octanol–water partition coefficient (Wildman–Crippen LogP) is 4.05. The van der Waals surface area contributed by atoms with Crippen LogP contribution in [0.5, 0.6) is 0 Å². The Kier molecular flexibility index (Phi) is 4.83. The molecule has 0 bridgehead atoms. The zero-order valence-electron chi connectivity index (χ0n) is 13.4. The summed E-state index contributed by atoms with van der Waals surface area (Å²) in [6.07, 6.45) is 1.09. The Balaban J connectivity index is 2.15. The number of aryl methyl sites for hydroxylation is 1. The van der Waals surface area contributed by atoms with Crippen molar-refractivity contribution in [3.63, 3.8) is 0 Å². The largest absolute Gasteiger partial charge is 0.373 e. The summed E-state index contributed by atoms with van der Waals surface area (Å²) in [5, 5.41) is 6.51. The maximum absolute atomic E-state index is 4.64. The lowest BCUT2D eigenvalue weighted by atomic mass is 9.96. The minimum Gasteiger partial charge on any atom is -0.373 e. The van der Waals surface area contributed by atoms with Crippen LogP contribution in [-0.2, 0) is 18.4 Å². The highest BCUT2D eigenvalue weighted by atomic mass is 32.1. The average molecular weight is 304 g/mol. The van der Waals surface area contributed by atoms with E-state index in [1.54, 1.807) is 0 Å². The van der Waals surface area contributed by atoms with Gasteiger partial charge in [-0.1, -0.05) is 27.7 Å². The third kappa shape index (κ3) is 4.17. The van der Waals surface area contributed by atoms with Gasteiger partial charge in [0.1, 0.15) is 17.5 Å². The normalized spacial score (nSPS) is 11.5. The SMILES string of the molecule is CCc1ccc(CNc2cc(NC)nc(C(C)(C)C)n2)s1. The van der Waals surface area contributed by atoms with Gasteiger partial charge < -0.3 is 10.6 Å². The fourth-order valence-electron chi connectivity index (χ4n) is 1.89. The molecule has 2 heterocycles. The molecule has 0 aromatic carbocycles. The first-order valence-electron chi connectivity index (χ1n) is 7.31. The van der Waals surface area contributed by atoms with E-state index >= 15 is 0 Å². The van der Waals surface area contributed by atoms with E-state index in [4.69, 9.17) is 0 Å². The molecule has 0 aliphatic rings. The molecule has 114 valence electrons. The van der Waals surface area contributed by atoms with Crippen LogP contribution >= 0.6 is 11.3 Å². The molecule has 2 aromatic heterocycles. The van der Waals surface area contributed by atoms with Crippen molar-refractivity contribution >= 4 is 23.0 Å². The van der Waals surface area contributed by atoms with Crippen molar-refractivity contribution in [3.8, 4) is 0 Å². The van der Waals surface area contributed by atoms with Crippen LogP contribution in [0.1, 0.15) is 43.3 Å². The van der Waals surface area contributed by atoms with Crippen molar-refractivity contribution in [2.24, 2.45) is 0 Å². The van der Waals surface area contributed by atoms with Gasteiger partial charge in [-0.2, -0.15) is 0 Å². The Morgan fingerprint density at radius 1 is 1.10 bits per heavy atom. The lowest BCUT2D eigenvalue weighted by molar-refractivity contribution is 0.546. The Hall–Kier alpha value is -1.62. The number of rotatable bonds is 5. The van der Waals surface area contributed by atoms with E-state index in [2.05, 4.69) is 60.4 Å². The first kappa shape index (κ1) is 15.8. The molecule has 0 aliphatic heterocycles.